The summed E-state index contributed by atoms with van der Waals surface area (Å²) in [7, 11) is 5.37. The number of ether oxygens (including phenoxy) is 3. The Kier molecular flexibility index (Phi) is 9.63. The molecule has 0 amide bonds. The minimum atomic E-state index is -0.811. The highest BCUT2D eigenvalue weighted by Crippen LogP contribution is 2.42. The number of carbonyl (C=O) groups is 2. The van der Waals surface area contributed by atoms with Crippen LogP contribution < -0.4 is 0 Å². The number of nitrogens with zero attached hydrogens (tertiary/aromatic N) is 2. The van der Waals surface area contributed by atoms with E-state index >= 15 is 0 Å². The van der Waals surface area contributed by atoms with Crippen molar-refractivity contribution in [2.45, 2.75) is 32.9 Å². The molecule has 188 valence electrons. The SMILES string of the molecule is CCOC(=O)C1=C(COCc2ccc(CN(C)C)s2)N=C(C)C(C(=O)OC)C1c1ccccc1Cl. The van der Waals surface area contributed by atoms with Gasteiger partial charge in [-0.05, 0) is 51.7 Å². The van der Waals surface area contributed by atoms with Crippen molar-refractivity contribution in [1.82, 2.24) is 4.90 Å². The molecule has 0 radical (unpaired) electrons. The van der Waals surface area contributed by atoms with Crippen LogP contribution in [0.4, 0.5) is 0 Å². The van der Waals surface area contributed by atoms with E-state index in [1.807, 2.05) is 26.2 Å². The number of esters is 2. The van der Waals surface area contributed by atoms with Gasteiger partial charge in [0.25, 0.3) is 0 Å². The fourth-order valence-corrected chi connectivity index (χ4v) is 5.46. The summed E-state index contributed by atoms with van der Waals surface area (Å²) in [6.45, 7) is 4.99. The lowest BCUT2D eigenvalue weighted by Crippen LogP contribution is -2.37. The monoisotopic (exact) mass is 518 g/mol. The Hall–Kier alpha value is -2.52. The number of thiophene rings is 1. The second-order valence-electron chi connectivity index (χ2n) is 8.43. The van der Waals surface area contributed by atoms with Gasteiger partial charge in [-0.25, -0.2) is 4.79 Å². The van der Waals surface area contributed by atoms with Gasteiger partial charge in [0.2, 0.25) is 0 Å². The molecule has 2 atom stereocenters. The molecule has 0 saturated heterocycles. The fraction of sp³-hybridized carbons (Fsp3) is 0.423. The summed E-state index contributed by atoms with van der Waals surface area (Å²) in [5.41, 5.74) is 1.85. The molecule has 0 aliphatic carbocycles. The highest BCUT2D eigenvalue weighted by atomic mass is 35.5. The molecule has 2 aromatic rings. The zero-order valence-electron chi connectivity index (χ0n) is 20.7. The molecule has 1 aliphatic heterocycles. The van der Waals surface area contributed by atoms with E-state index in [0.717, 1.165) is 11.4 Å². The molecular formula is C26H31ClN2O5S. The van der Waals surface area contributed by atoms with Crippen LogP contribution in [0, 0.1) is 5.92 Å². The second-order valence-corrected chi connectivity index (χ2v) is 10.1. The lowest BCUT2D eigenvalue weighted by Gasteiger charge is -2.32. The van der Waals surface area contributed by atoms with Gasteiger partial charge in [0.1, 0.15) is 5.92 Å². The number of hydrogen-bond acceptors (Lipinski definition) is 8. The van der Waals surface area contributed by atoms with Crippen molar-refractivity contribution in [3.63, 3.8) is 0 Å². The van der Waals surface area contributed by atoms with E-state index in [1.54, 1.807) is 43.4 Å². The van der Waals surface area contributed by atoms with Crippen molar-refractivity contribution < 1.29 is 23.8 Å². The maximum Gasteiger partial charge on any atom is 0.336 e. The van der Waals surface area contributed by atoms with Gasteiger partial charge < -0.3 is 19.1 Å². The summed E-state index contributed by atoms with van der Waals surface area (Å²) in [6, 6.07) is 11.3. The molecule has 9 heteroatoms. The normalized spacial score (nSPS) is 18.0. The second kappa shape index (κ2) is 12.4. The summed E-state index contributed by atoms with van der Waals surface area (Å²) >= 11 is 8.22. The first kappa shape index (κ1) is 27.1. The predicted octanol–water partition coefficient (Wildman–Crippen LogP) is 4.84. The molecule has 1 aromatic heterocycles. The maximum absolute atomic E-state index is 13.2. The van der Waals surface area contributed by atoms with Crippen LogP contribution in [0.2, 0.25) is 5.02 Å². The number of carbonyl (C=O) groups excluding carboxylic acids is 2. The van der Waals surface area contributed by atoms with Gasteiger partial charge in [-0.3, -0.25) is 9.79 Å². The molecule has 0 spiro atoms. The van der Waals surface area contributed by atoms with Crippen LogP contribution in [0.1, 0.15) is 35.1 Å². The van der Waals surface area contributed by atoms with Crippen LogP contribution >= 0.6 is 22.9 Å². The summed E-state index contributed by atoms with van der Waals surface area (Å²) in [4.78, 5) is 35.1. The topological polar surface area (TPSA) is 77.4 Å². The smallest absolute Gasteiger partial charge is 0.336 e. The molecule has 2 heterocycles. The number of hydrogen-bond donors (Lipinski definition) is 0. The third-order valence-electron chi connectivity index (χ3n) is 5.58. The van der Waals surface area contributed by atoms with Crippen LogP contribution in [-0.4, -0.2) is 57.0 Å². The van der Waals surface area contributed by atoms with Crippen molar-refractivity contribution in [3.8, 4) is 0 Å². The fourth-order valence-electron chi connectivity index (χ4n) is 4.13. The Morgan fingerprint density at radius 3 is 2.49 bits per heavy atom. The van der Waals surface area contributed by atoms with Crippen LogP contribution in [0.5, 0.6) is 0 Å². The molecule has 35 heavy (non-hydrogen) atoms. The lowest BCUT2D eigenvalue weighted by atomic mass is 9.75. The van der Waals surface area contributed by atoms with E-state index < -0.39 is 23.8 Å². The Morgan fingerprint density at radius 2 is 1.83 bits per heavy atom. The molecule has 1 aromatic carbocycles. The number of aliphatic imine (C=N–C) groups is 1. The van der Waals surface area contributed by atoms with Gasteiger partial charge in [-0.1, -0.05) is 29.8 Å². The predicted molar refractivity (Wildman–Crippen MR) is 138 cm³/mol. The van der Waals surface area contributed by atoms with Crippen LogP contribution in [0.25, 0.3) is 0 Å². The average molecular weight is 519 g/mol. The lowest BCUT2D eigenvalue weighted by molar-refractivity contribution is -0.144. The Bertz CT molecular complexity index is 1120. The van der Waals surface area contributed by atoms with Crippen molar-refractivity contribution in [2.75, 3.05) is 34.4 Å². The average Bonchev–Trinajstić information content (AvgIpc) is 3.25. The summed E-state index contributed by atoms with van der Waals surface area (Å²) in [5, 5.41) is 0.440. The molecule has 0 saturated carbocycles. The Balaban J connectivity index is 1.97. The zero-order chi connectivity index (χ0) is 25.5. The molecule has 0 N–H and O–H groups in total. The maximum atomic E-state index is 13.2. The number of methoxy groups -OCH3 is 1. The Labute approximate surface area is 215 Å². The molecule has 0 bridgehead atoms. The van der Waals surface area contributed by atoms with Crippen LogP contribution in [0.3, 0.4) is 0 Å². The van der Waals surface area contributed by atoms with E-state index in [-0.39, 0.29) is 18.8 Å². The third-order valence-corrected chi connectivity index (χ3v) is 6.97. The van der Waals surface area contributed by atoms with Gasteiger partial charge in [-0.2, -0.15) is 0 Å². The van der Waals surface area contributed by atoms with Crippen molar-refractivity contribution in [1.29, 1.82) is 0 Å². The van der Waals surface area contributed by atoms with E-state index in [2.05, 4.69) is 16.0 Å². The van der Waals surface area contributed by atoms with Crippen LogP contribution in [0.15, 0.2) is 52.7 Å². The van der Waals surface area contributed by atoms with Crippen LogP contribution in [-0.2, 0) is 37.0 Å². The molecule has 2 unspecified atom stereocenters. The minimum Gasteiger partial charge on any atom is -0.468 e. The van der Waals surface area contributed by atoms with Gasteiger partial charge in [-0.15, -0.1) is 11.3 Å². The van der Waals surface area contributed by atoms with E-state index in [1.165, 1.54) is 12.0 Å². The van der Waals surface area contributed by atoms with Gasteiger partial charge in [0, 0.05) is 33.0 Å². The largest absolute Gasteiger partial charge is 0.468 e. The van der Waals surface area contributed by atoms with Crippen molar-refractivity contribution >= 4 is 40.6 Å². The van der Waals surface area contributed by atoms with Crippen molar-refractivity contribution in [3.05, 3.63) is 68.0 Å². The highest BCUT2D eigenvalue weighted by molar-refractivity contribution is 7.11. The standard InChI is InChI=1S/C26H31ClN2O5S/c1-6-34-26(31)24-21(15-33-14-18-12-11-17(35-18)13-29(3)4)28-16(2)22(25(30)32-5)23(24)19-9-7-8-10-20(19)27/h7-12,22-23H,6,13-15H2,1-5H3. The van der Waals surface area contributed by atoms with Crippen molar-refractivity contribution in [2.24, 2.45) is 10.9 Å². The molecule has 0 fully saturated rings. The first-order valence-corrected chi connectivity index (χ1v) is 12.5. The number of halogens is 1. The summed E-state index contributed by atoms with van der Waals surface area (Å²) in [5.74, 6) is -2.57. The molecular weight excluding hydrogens is 488 g/mol. The first-order valence-electron chi connectivity index (χ1n) is 11.3. The quantitative estimate of drug-likeness (QED) is 0.419. The van der Waals surface area contributed by atoms with E-state index in [9.17, 15) is 9.59 Å². The van der Waals surface area contributed by atoms with E-state index in [4.69, 9.17) is 25.8 Å². The molecule has 3 rings (SSSR count). The highest BCUT2D eigenvalue weighted by Gasteiger charge is 2.43. The van der Waals surface area contributed by atoms with E-state index in [0.29, 0.717) is 28.6 Å². The third kappa shape index (κ3) is 6.58. The first-order chi connectivity index (χ1) is 16.8. The van der Waals surface area contributed by atoms with Gasteiger partial charge in [0.15, 0.2) is 0 Å². The Morgan fingerprint density at radius 1 is 1.11 bits per heavy atom. The summed E-state index contributed by atoms with van der Waals surface area (Å²) in [6.07, 6.45) is 0. The minimum absolute atomic E-state index is 0.0846. The molecule has 1 aliphatic rings. The number of benzene rings is 1. The number of rotatable bonds is 10. The van der Waals surface area contributed by atoms with Gasteiger partial charge >= 0.3 is 11.9 Å². The molecule has 7 nitrogen and oxygen atoms in total. The summed E-state index contributed by atoms with van der Waals surface area (Å²) < 4.78 is 16.5. The zero-order valence-corrected chi connectivity index (χ0v) is 22.2. The van der Waals surface area contributed by atoms with Gasteiger partial charge in [0.05, 0.1) is 38.2 Å².